The molecule has 6 nitrogen and oxygen atoms in total. The highest BCUT2D eigenvalue weighted by Gasteiger charge is 2.03. The van der Waals surface area contributed by atoms with Crippen molar-refractivity contribution in [2.75, 3.05) is 7.11 Å². The van der Waals surface area contributed by atoms with Gasteiger partial charge >= 0.3 is 5.97 Å². The summed E-state index contributed by atoms with van der Waals surface area (Å²) in [4.78, 5) is 10.7. The highest BCUT2D eigenvalue weighted by atomic mass is 16.5. The van der Waals surface area contributed by atoms with Crippen LogP contribution in [0.5, 0.6) is 5.88 Å². The van der Waals surface area contributed by atoms with Gasteiger partial charge in [0.15, 0.2) is 11.7 Å². The van der Waals surface area contributed by atoms with Crippen molar-refractivity contribution in [3.63, 3.8) is 0 Å². The van der Waals surface area contributed by atoms with E-state index in [1.165, 1.54) is 12.1 Å². The van der Waals surface area contributed by atoms with Crippen LogP contribution in [0.3, 0.4) is 0 Å². The van der Waals surface area contributed by atoms with Gasteiger partial charge in [-0.25, -0.2) is 4.79 Å². The summed E-state index contributed by atoms with van der Waals surface area (Å²) in [6, 6.07) is 9.76. The number of aromatic carboxylic acids is 1. The number of benzene rings is 1. The zero-order valence-electron chi connectivity index (χ0n) is 10.6. The topological polar surface area (TPSA) is 76.2 Å². The summed E-state index contributed by atoms with van der Waals surface area (Å²) < 4.78 is 6.87. The van der Waals surface area contributed by atoms with Crippen molar-refractivity contribution in [3.05, 3.63) is 42.0 Å². The number of carboxylic acids is 1. The maximum absolute atomic E-state index is 10.7. The Balaban J connectivity index is 2.18. The van der Waals surface area contributed by atoms with E-state index in [1.807, 2.05) is 7.05 Å². The Bertz CT molecular complexity index is 615. The highest BCUT2D eigenvalue weighted by molar-refractivity contribution is 5.87. The molecule has 1 aromatic carbocycles. The number of rotatable bonds is 4. The zero-order valence-corrected chi connectivity index (χ0v) is 10.6. The van der Waals surface area contributed by atoms with Gasteiger partial charge in [-0.05, 0) is 30.3 Å². The molecule has 0 atom stereocenters. The molecule has 0 amide bonds. The maximum Gasteiger partial charge on any atom is 0.335 e. The van der Waals surface area contributed by atoms with Gasteiger partial charge in [0.25, 0.3) is 0 Å². The predicted octanol–water partition coefficient (Wildman–Crippen LogP) is 3.15. The first kappa shape index (κ1) is 12.8. The van der Waals surface area contributed by atoms with Gasteiger partial charge in [0, 0.05) is 13.1 Å². The van der Waals surface area contributed by atoms with Crippen molar-refractivity contribution in [1.29, 1.82) is 0 Å². The van der Waals surface area contributed by atoms with Crippen LogP contribution in [-0.2, 0) is 7.05 Å². The van der Waals surface area contributed by atoms with Crippen LogP contribution in [0.2, 0.25) is 0 Å². The van der Waals surface area contributed by atoms with Crippen molar-refractivity contribution in [1.82, 2.24) is 4.57 Å². The smallest absolute Gasteiger partial charge is 0.335 e. The summed E-state index contributed by atoms with van der Waals surface area (Å²) >= 11 is 0. The lowest BCUT2D eigenvalue weighted by atomic mass is 10.2. The quantitative estimate of drug-likeness (QED) is 0.857. The number of carbonyl (C=O) groups is 1. The first-order chi connectivity index (χ1) is 9.11. The molecule has 0 radical (unpaired) electrons. The van der Waals surface area contributed by atoms with Gasteiger partial charge in [0.1, 0.15) is 0 Å². The van der Waals surface area contributed by atoms with Gasteiger partial charge < -0.3 is 9.84 Å². The standard InChI is InChI=1S/C13H13N3O3/c1-16-11(7-8-12(16)19-2)15-14-10-5-3-9(4-6-10)13(17)18/h3-8H,1-2H3,(H,17,18)/b15-14+. The van der Waals surface area contributed by atoms with Gasteiger partial charge in [0.05, 0.1) is 18.4 Å². The molecule has 1 N–H and O–H groups in total. The third-order valence-corrected chi connectivity index (χ3v) is 2.64. The molecule has 0 aliphatic carbocycles. The van der Waals surface area contributed by atoms with Gasteiger partial charge in [-0.3, -0.25) is 4.57 Å². The molecule has 0 fully saturated rings. The minimum atomic E-state index is -0.962. The third kappa shape index (κ3) is 2.79. The molecular formula is C13H13N3O3. The van der Waals surface area contributed by atoms with E-state index in [-0.39, 0.29) is 5.56 Å². The average Bonchev–Trinajstić information content (AvgIpc) is 2.77. The van der Waals surface area contributed by atoms with Crippen LogP contribution < -0.4 is 4.74 Å². The molecule has 0 saturated heterocycles. The lowest BCUT2D eigenvalue weighted by Crippen LogP contribution is -1.94. The molecule has 19 heavy (non-hydrogen) atoms. The van der Waals surface area contributed by atoms with E-state index in [0.717, 1.165) is 0 Å². The van der Waals surface area contributed by atoms with Crippen molar-refractivity contribution < 1.29 is 14.6 Å². The fourth-order valence-electron chi connectivity index (χ4n) is 1.57. The van der Waals surface area contributed by atoms with E-state index < -0.39 is 5.97 Å². The van der Waals surface area contributed by atoms with Crippen LogP contribution in [0.25, 0.3) is 0 Å². The third-order valence-electron chi connectivity index (χ3n) is 2.64. The molecule has 0 saturated carbocycles. The van der Waals surface area contributed by atoms with Crippen molar-refractivity contribution >= 4 is 17.5 Å². The van der Waals surface area contributed by atoms with Crippen LogP contribution in [0.1, 0.15) is 10.4 Å². The minimum absolute atomic E-state index is 0.222. The van der Waals surface area contributed by atoms with Crippen molar-refractivity contribution in [2.45, 2.75) is 0 Å². The van der Waals surface area contributed by atoms with Crippen LogP contribution in [0.15, 0.2) is 46.6 Å². The fraction of sp³-hybridized carbons (Fsp3) is 0.154. The second-order valence-electron chi connectivity index (χ2n) is 3.84. The summed E-state index contributed by atoms with van der Waals surface area (Å²) in [7, 11) is 3.40. The van der Waals surface area contributed by atoms with E-state index in [1.54, 1.807) is 35.9 Å². The minimum Gasteiger partial charge on any atom is -0.482 e. The number of hydrogen-bond acceptors (Lipinski definition) is 4. The number of ether oxygens (including phenoxy) is 1. The Morgan fingerprint density at radius 2 is 1.84 bits per heavy atom. The number of azo groups is 1. The first-order valence-electron chi connectivity index (χ1n) is 5.56. The number of methoxy groups -OCH3 is 1. The summed E-state index contributed by atoms with van der Waals surface area (Å²) in [5.74, 6) is 0.380. The summed E-state index contributed by atoms with van der Waals surface area (Å²) in [6.07, 6.45) is 0. The van der Waals surface area contributed by atoms with Gasteiger partial charge in [-0.1, -0.05) is 0 Å². The molecule has 2 aromatic rings. The number of aromatic nitrogens is 1. The molecule has 2 rings (SSSR count). The summed E-state index contributed by atoms with van der Waals surface area (Å²) in [6.45, 7) is 0. The first-order valence-corrected chi connectivity index (χ1v) is 5.56. The summed E-state index contributed by atoms with van der Waals surface area (Å²) in [5, 5.41) is 16.9. The molecule has 0 aliphatic heterocycles. The van der Waals surface area contributed by atoms with E-state index in [4.69, 9.17) is 9.84 Å². The zero-order chi connectivity index (χ0) is 13.8. The second kappa shape index (κ2) is 5.34. The Morgan fingerprint density at radius 3 is 2.37 bits per heavy atom. The molecule has 0 unspecified atom stereocenters. The molecule has 0 aliphatic rings. The number of hydrogen-bond donors (Lipinski definition) is 1. The fourth-order valence-corrected chi connectivity index (χ4v) is 1.57. The molecule has 0 bridgehead atoms. The SMILES string of the molecule is COc1ccc(/N=N/c2ccc(C(=O)O)cc2)n1C. The second-order valence-corrected chi connectivity index (χ2v) is 3.84. The van der Waals surface area contributed by atoms with Gasteiger partial charge in [0.2, 0.25) is 0 Å². The number of nitrogens with zero attached hydrogens (tertiary/aromatic N) is 3. The lowest BCUT2D eigenvalue weighted by molar-refractivity contribution is 0.0697. The average molecular weight is 259 g/mol. The maximum atomic E-state index is 10.7. The molecule has 1 aromatic heterocycles. The van der Waals surface area contributed by atoms with E-state index in [9.17, 15) is 4.79 Å². The monoisotopic (exact) mass is 259 g/mol. The molecule has 1 heterocycles. The summed E-state index contributed by atoms with van der Waals surface area (Å²) in [5.41, 5.74) is 0.810. The highest BCUT2D eigenvalue weighted by Crippen LogP contribution is 2.24. The van der Waals surface area contributed by atoms with Crippen molar-refractivity contribution in [2.24, 2.45) is 17.3 Å². The van der Waals surface area contributed by atoms with Crippen LogP contribution in [0.4, 0.5) is 11.5 Å². The van der Waals surface area contributed by atoms with Crippen LogP contribution in [-0.4, -0.2) is 22.8 Å². The Kier molecular flexibility index (Phi) is 3.61. The molecule has 0 spiro atoms. The molecule has 98 valence electrons. The normalized spacial score (nSPS) is 10.8. The largest absolute Gasteiger partial charge is 0.482 e. The van der Waals surface area contributed by atoms with Gasteiger partial charge in [-0.15, -0.1) is 10.2 Å². The lowest BCUT2D eigenvalue weighted by Gasteiger charge is -2.01. The predicted molar refractivity (Wildman–Crippen MR) is 69.5 cm³/mol. The molecule has 6 heteroatoms. The van der Waals surface area contributed by atoms with E-state index in [0.29, 0.717) is 17.4 Å². The molecular weight excluding hydrogens is 246 g/mol. The van der Waals surface area contributed by atoms with Crippen LogP contribution in [0, 0.1) is 0 Å². The van der Waals surface area contributed by atoms with E-state index in [2.05, 4.69) is 10.2 Å². The Morgan fingerprint density at radius 1 is 1.16 bits per heavy atom. The van der Waals surface area contributed by atoms with Crippen LogP contribution >= 0.6 is 0 Å². The van der Waals surface area contributed by atoms with Gasteiger partial charge in [-0.2, -0.15) is 0 Å². The number of carboxylic acid groups (broad SMARTS) is 1. The Hall–Kier alpha value is -2.63. The van der Waals surface area contributed by atoms with Crippen molar-refractivity contribution in [3.8, 4) is 5.88 Å². The Labute approximate surface area is 110 Å². The van der Waals surface area contributed by atoms with E-state index >= 15 is 0 Å².